The van der Waals surface area contributed by atoms with Gasteiger partial charge in [-0.15, -0.1) is 0 Å². The van der Waals surface area contributed by atoms with Crippen LogP contribution in [0.15, 0.2) is 48.8 Å². The molecule has 1 aromatic heterocycles. The second-order valence-electron chi connectivity index (χ2n) is 4.43. The number of fused-ring (bicyclic) bond motifs is 1. The fourth-order valence-electron chi connectivity index (χ4n) is 2.31. The minimum absolute atomic E-state index is 0.0756. The fraction of sp³-hybridized carbons (Fsp3) is 0.143. The third-order valence-electron chi connectivity index (χ3n) is 3.27. The Morgan fingerprint density at radius 2 is 2.00 bits per heavy atom. The molecule has 0 spiro atoms. The van der Waals surface area contributed by atoms with Crippen LogP contribution in [0.25, 0.3) is 10.8 Å². The molecule has 0 fully saturated rings. The van der Waals surface area contributed by atoms with Crippen LogP contribution in [-0.4, -0.2) is 15.2 Å². The Hall–Kier alpha value is -2.24. The Labute approximate surface area is 110 Å². The SMILES string of the molecule is NNC(Cc1cccc2ccccc12)c1ncn[nH]1. The average Bonchev–Trinajstić information content (AvgIpc) is 2.99. The van der Waals surface area contributed by atoms with Crippen molar-refractivity contribution in [2.75, 3.05) is 0 Å². The third kappa shape index (κ3) is 2.33. The number of aromatic amines is 1. The molecule has 1 unspecified atom stereocenters. The molecular weight excluding hydrogens is 238 g/mol. The summed E-state index contributed by atoms with van der Waals surface area (Å²) in [6, 6.07) is 14.5. The van der Waals surface area contributed by atoms with E-state index in [0.29, 0.717) is 0 Å². The Bertz CT molecular complexity index is 657. The van der Waals surface area contributed by atoms with Crippen molar-refractivity contribution in [3.8, 4) is 0 Å². The summed E-state index contributed by atoms with van der Waals surface area (Å²) in [6.45, 7) is 0. The van der Waals surface area contributed by atoms with Gasteiger partial charge in [-0.2, -0.15) is 5.10 Å². The molecule has 0 radical (unpaired) electrons. The van der Waals surface area contributed by atoms with E-state index in [-0.39, 0.29) is 6.04 Å². The number of rotatable bonds is 4. The Kier molecular flexibility index (Phi) is 3.22. The molecule has 0 amide bonds. The summed E-state index contributed by atoms with van der Waals surface area (Å²) in [5.41, 5.74) is 4.02. The molecule has 5 heteroatoms. The van der Waals surface area contributed by atoms with Crippen LogP contribution in [0.4, 0.5) is 0 Å². The highest BCUT2D eigenvalue weighted by atomic mass is 15.3. The maximum Gasteiger partial charge on any atom is 0.143 e. The van der Waals surface area contributed by atoms with Gasteiger partial charge in [0.05, 0.1) is 6.04 Å². The molecule has 3 aromatic rings. The first-order valence-electron chi connectivity index (χ1n) is 6.16. The molecular formula is C14H15N5. The van der Waals surface area contributed by atoms with E-state index in [1.54, 1.807) is 0 Å². The van der Waals surface area contributed by atoms with E-state index in [4.69, 9.17) is 5.84 Å². The van der Waals surface area contributed by atoms with Gasteiger partial charge in [0.25, 0.3) is 0 Å². The van der Waals surface area contributed by atoms with E-state index in [9.17, 15) is 0 Å². The van der Waals surface area contributed by atoms with Crippen LogP contribution in [0.1, 0.15) is 17.4 Å². The van der Waals surface area contributed by atoms with Crippen LogP contribution in [0, 0.1) is 0 Å². The van der Waals surface area contributed by atoms with Crippen molar-refractivity contribution in [3.05, 3.63) is 60.2 Å². The van der Waals surface area contributed by atoms with Gasteiger partial charge in [0.15, 0.2) is 0 Å². The largest absolute Gasteiger partial charge is 0.271 e. The minimum atomic E-state index is -0.0756. The van der Waals surface area contributed by atoms with E-state index in [0.717, 1.165) is 12.2 Å². The Balaban J connectivity index is 1.96. The number of benzene rings is 2. The maximum atomic E-state index is 5.62. The maximum absolute atomic E-state index is 5.62. The average molecular weight is 253 g/mol. The van der Waals surface area contributed by atoms with Gasteiger partial charge in [-0.1, -0.05) is 42.5 Å². The second kappa shape index (κ2) is 5.17. The number of aromatic nitrogens is 3. The zero-order valence-corrected chi connectivity index (χ0v) is 10.4. The number of nitrogens with zero attached hydrogens (tertiary/aromatic N) is 2. The van der Waals surface area contributed by atoms with Gasteiger partial charge in [0.1, 0.15) is 12.2 Å². The first kappa shape index (κ1) is 11.8. The van der Waals surface area contributed by atoms with Gasteiger partial charge >= 0.3 is 0 Å². The van der Waals surface area contributed by atoms with Crippen LogP contribution in [-0.2, 0) is 6.42 Å². The molecule has 2 aromatic carbocycles. The summed E-state index contributed by atoms with van der Waals surface area (Å²) < 4.78 is 0. The number of H-pyrrole nitrogens is 1. The smallest absolute Gasteiger partial charge is 0.143 e. The molecule has 96 valence electrons. The highest BCUT2D eigenvalue weighted by Crippen LogP contribution is 2.22. The quantitative estimate of drug-likeness (QED) is 0.488. The Morgan fingerprint density at radius 3 is 2.79 bits per heavy atom. The van der Waals surface area contributed by atoms with Crippen LogP contribution in [0.3, 0.4) is 0 Å². The first-order valence-corrected chi connectivity index (χ1v) is 6.16. The summed E-state index contributed by atoms with van der Waals surface area (Å²) in [4.78, 5) is 4.15. The van der Waals surface area contributed by atoms with Crippen molar-refractivity contribution in [2.24, 2.45) is 5.84 Å². The highest BCUT2D eigenvalue weighted by molar-refractivity contribution is 5.85. The van der Waals surface area contributed by atoms with Crippen molar-refractivity contribution in [1.82, 2.24) is 20.6 Å². The summed E-state index contributed by atoms with van der Waals surface area (Å²) in [5, 5.41) is 9.19. The lowest BCUT2D eigenvalue weighted by molar-refractivity contribution is 0.526. The van der Waals surface area contributed by atoms with Crippen LogP contribution >= 0.6 is 0 Å². The number of nitrogens with two attached hydrogens (primary N) is 1. The van der Waals surface area contributed by atoms with Crippen molar-refractivity contribution >= 4 is 10.8 Å². The zero-order valence-electron chi connectivity index (χ0n) is 10.4. The molecule has 19 heavy (non-hydrogen) atoms. The standard InChI is InChI=1S/C14H15N5/c15-18-13(14-16-9-17-19-14)8-11-6-3-5-10-4-1-2-7-12(10)11/h1-7,9,13,18H,8,15H2,(H,16,17,19). The van der Waals surface area contributed by atoms with Gasteiger partial charge in [-0.3, -0.25) is 10.9 Å². The number of hydrazine groups is 1. The highest BCUT2D eigenvalue weighted by Gasteiger charge is 2.14. The first-order chi connectivity index (χ1) is 9.38. The summed E-state index contributed by atoms with van der Waals surface area (Å²) >= 11 is 0. The second-order valence-corrected chi connectivity index (χ2v) is 4.43. The molecule has 0 saturated carbocycles. The van der Waals surface area contributed by atoms with E-state index >= 15 is 0 Å². The molecule has 3 rings (SSSR count). The number of hydrogen-bond donors (Lipinski definition) is 3. The normalized spacial score (nSPS) is 12.7. The molecule has 0 aliphatic rings. The molecule has 0 bridgehead atoms. The predicted octanol–water partition coefficient (Wildman–Crippen LogP) is 1.70. The van der Waals surface area contributed by atoms with Gasteiger partial charge in [-0.25, -0.2) is 10.4 Å². The summed E-state index contributed by atoms with van der Waals surface area (Å²) in [6.07, 6.45) is 2.25. The van der Waals surface area contributed by atoms with Crippen LogP contribution in [0.2, 0.25) is 0 Å². The molecule has 5 nitrogen and oxygen atoms in total. The lowest BCUT2D eigenvalue weighted by Crippen LogP contribution is -2.30. The molecule has 4 N–H and O–H groups in total. The molecule has 1 heterocycles. The predicted molar refractivity (Wildman–Crippen MR) is 74.1 cm³/mol. The molecule has 0 saturated heterocycles. The van der Waals surface area contributed by atoms with E-state index in [2.05, 4.69) is 50.9 Å². The summed E-state index contributed by atoms with van der Waals surface area (Å²) in [5.74, 6) is 6.36. The van der Waals surface area contributed by atoms with Gasteiger partial charge in [0.2, 0.25) is 0 Å². The van der Waals surface area contributed by atoms with Gasteiger partial charge in [0, 0.05) is 0 Å². The van der Waals surface area contributed by atoms with Crippen LogP contribution in [0.5, 0.6) is 0 Å². The van der Waals surface area contributed by atoms with Crippen molar-refractivity contribution in [3.63, 3.8) is 0 Å². The van der Waals surface area contributed by atoms with Gasteiger partial charge in [-0.05, 0) is 22.8 Å². The third-order valence-corrected chi connectivity index (χ3v) is 3.27. The van der Waals surface area contributed by atoms with E-state index in [1.165, 1.54) is 22.7 Å². The lowest BCUT2D eigenvalue weighted by Gasteiger charge is -2.14. The monoisotopic (exact) mass is 253 g/mol. The minimum Gasteiger partial charge on any atom is -0.271 e. The topological polar surface area (TPSA) is 79.6 Å². The molecule has 1 atom stereocenters. The van der Waals surface area contributed by atoms with Gasteiger partial charge < -0.3 is 0 Å². The summed E-state index contributed by atoms with van der Waals surface area (Å²) in [7, 11) is 0. The number of hydrogen-bond acceptors (Lipinski definition) is 4. The van der Waals surface area contributed by atoms with Crippen molar-refractivity contribution in [2.45, 2.75) is 12.5 Å². The molecule has 0 aliphatic heterocycles. The number of nitrogens with one attached hydrogen (secondary N) is 2. The zero-order chi connectivity index (χ0) is 13.1. The molecule has 0 aliphatic carbocycles. The van der Waals surface area contributed by atoms with E-state index < -0.39 is 0 Å². The van der Waals surface area contributed by atoms with Crippen molar-refractivity contribution < 1.29 is 0 Å². The van der Waals surface area contributed by atoms with E-state index in [1.807, 2.05) is 12.1 Å². The van der Waals surface area contributed by atoms with Crippen molar-refractivity contribution in [1.29, 1.82) is 0 Å². The lowest BCUT2D eigenvalue weighted by atomic mass is 9.99. The van der Waals surface area contributed by atoms with Crippen LogP contribution < -0.4 is 11.3 Å². The fourth-order valence-corrected chi connectivity index (χ4v) is 2.31. The Morgan fingerprint density at radius 1 is 1.16 bits per heavy atom.